The molecular weight excluding hydrogens is 316 g/mol. The second kappa shape index (κ2) is 6.68. The van der Waals surface area contributed by atoms with E-state index in [1.165, 1.54) is 0 Å². The van der Waals surface area contributed by atoms with E-state index in [1.807, 2.05) is 0 Å². The van der Waals surface area contributed by atoms with Crippen molar-refractivity contribution in [3.8, 4) is 0 Å². The lowest BCUT2D eigenvalue weighted by Crippen LogP contribution is -2.47. The first-order valence-corrected chi connectivity index (χ1v) is 9.47. The molecule has 0 spiro atoms. The highest BCUT2D eigenvalue weighted by Gasteiger charge is 2.32. The molecule has 2 saturated heterocycles. The van der Waals surface area contributed by atoms with E-state index in [2.05, 4.69) is 15.9 Å². The number of nitrogens with zero attached hydrogens (tertiary/aromatic N) is 2. The van der Waals surface area contributed by atoms with E-state index in [0.717, 1.165) is 43.9 Å². The second-order valence-corrected chi connectivity index (χ2v) is 7.89. The van der Waals surface area contributed by atoms with Crippen molar-refractivity contribution in [3.63, 3.8) is 0 Å². The molecule has 2 fully saturated rings. The molecule has 6 heteroatoms. The van der Waals surface area contributed by atoms with E-state index in [4.69, 9.17) is 0 Å². The van der Waals surface area contributed by atoms with Crippen molar-refractivity contribution in [2.24, 2.45) is 5.92 Å². The summed E-state index contributed by atoms with van der Waals surface area (Å²) in [7, 11) is -3.19. The standard InChI is InChI=1S/C12H23BrN2O2S/c13-11-12-5-9-15(10-6-12)18(16,17)14-7-3-1-2-4-8-14/h12H,1-11H2. The number of hydrogen-bond acceptors (Lipinski definition) is 2. The lowest BCUT2D eigenvalue weighted by atomic mass is 10.0. The van der Waals surface area contributed by atoms with Crippen molar-refractivity contribution in [1.82, 2.24) is 8.61 Å². The molecule has 2 heterocycles. The average molecular weight is 339 g/mol. The Morgan fingerprint density at radius 3 is 1.89 bits per heavy atom. The predicted molar refractivity (Wildman–Crippen MR) is 77.1 cm³/mol. The Kier molecular flexibility index (Phi) is 5.47. The molecule has 2 aliphatic rings. The summed E-state index contributed by atoms with van der Waals surface area (Å²) < 4.78 is 28.5. The number of alkyl halides is 1. The van der Waals surface area contributed by atoms with Gasteiger partial charge in [-0.25, -0.2) is 0 Å². The second-order valence-electron chi connectivity index (χ2n) is 5.32. The fourth-order valence-electron chi connectivity index (χ4n) is 2.73. The smallest absolute Gasteiger partial charge is 0.195 e. The Hall–Kier alpha value is 0.350. The maximum absolute atomic E-state index is 12.5. The summed E-state index contributed by atoms with van der Waals surface area (Å²) in [5, 5.41) is 0.991. The van der Waals surface area contributed by atoms with E-state index < -0.39 is 10.2 Å². The summed E-state index contributed by atoms with van der Waals surface area (Å²) in [4.78, 5) is 0. The molecule has 0 aromatic rings. The molecule has 0 saturated carbocycles. The van der Waals surface area contributed by atoms with Gasteiger partial charge in [0, 0.05) is 31.5 Å². The van der Waals surface area contributed by atoms with E-state index in [-0.39, 0.29) is 0 Å². The summed E-state index contributed by atoms with van der Waals surface area (Å²) in [6, 6.07) is 0. The monoisotopic (exact) mass is 338 g/mol. The van der Waals surface area contributed by atoms with E-state index in [1.54, 1.807) is 8.61 Å². The van der Waals surface area contributed by atoms with Gasteiger partial charge in [0.2, 0.25) is 0 Å². The summed E-state index contributed by atoms with van der Waals surface area (Å²) in [5.74, 6) is 0.639. The van der Waals surface area contributed by atoms with Gasteiger partial charge in [0.1, 0.15) is 0 Å². The van der Waals surface area contributed by atoms with Gasteiger partial charge >= 0.3 is 0 Å². The molecule has 0 radical (unpaired) electrons. The Morgan fingerprint density at radius 2 is 1.39 bits per heavy atom. The quantitative estimate of drug-likeness (QED) is 0.740. The van der Waals surface area contributed by atoms with Gasteiger partial charge in [-0.2, -0.15) is 17.0 Å². The van der Waals surface area contributed by atoms with Crippen LogP contribution >= 0.6 is 15.9 Å². The highest BCUT2D eigenvalue weighted by atomic mass is 79.9. The summed E-state index contributed by atoms with van der Waals surface area (Å²) in [5.41, 5.74) is 0. The normalized spacial score (nSPS) is 26.1. The van der Waals surface area contributed by atoms with Crippen molar-refractivity contribution >= 4 is 26.1 Å². The van der Waals surface area contributed by atoms with Gasteiger partial charge < -0.3 is 0 Å². The Morgan fingerprint density at radius 1 is 0.889 bits per heavy atom. The molecule has 0 aliphatic carbocycles. The third kappa shape index (κ3) is 3.46. The minimum atomic E-state index is -3.19. The van der Waals surface area contributed by atoms with Crippen molar-refractivity contribution in [1.29, 1.82) is 0 Å². The maximum Gasteiger partial charge on any atom is 0.281 e. The molecule has 0 aromatic carbocycles. The van der Waals surface area contributed by atoms with Gasteiger partial charge in [-0.3, -0.25) is 0 Å². The van der Waals surface area contributed by atoms with Crippen molar-refractivity contribution < 1.29 is 8.42 Å². The summed E-state index contributed by atoms with van der Waals surface area (Å²) in [6.07, 6.45) is 6.32. The van der Waals surface area contributed by atoms with Crippen LogP contribution in [0.2, 0.25) is 0 Å². The number of hydrogen-bond donors (Lipinski definition) is 0. The van der Waals surface area contributed by atoms with Crippen molar-refractivity contribution in [3.05, 3.63) is 0 Å². The largest absolute Gasteiger partial charge is 0.281 e. The first-order valence-electron chi connectivity index (χ1n) is 6.96. The van der Waals surface area contributed by atoms with E-state index in [9.17, 15) is 8.42 Å². The van der Waals surface area contributed by atoms with Crippen LogP contribution in [0.25, 0.3) is 0 Å². The topological polar surface area (TPSA) is 40.6 Å². The lowest BCUT2D eigenvalue weighted by Gasteiger charge is -2.34. The number of rotatable bonds is 3. The first kappa shape index (κ1) is 14.8. The van der Waals surface area contributed by atoms with Crippen molar-refractivity contribution in [2.45, 2.75) is 38.5 Å². The van der Waals surface area contributed by atoms with Crippen molar-refractivity contribution in [2.75, 3.05) is 31.5 Å². The fourth-order valence-corrected chi connectivity index (χ4v) is 5.10. The molecule has 0 bridgehead atoms. The van der Waals surface area contributed by atoms with Crippen LogP contribution in [-0.4, -0.2) is 48.5 Å². The predicted octanol–water partition coefficient (Wildman–Crippen LogP) is 2.21. The van der Waals surface area contributed by atoms with E-state index >= 15 is 0 Å². The third-order valence-electron chi connectivity index (χ3n) is 4.01. The molecule has 2 aliphatic heterocycles. The molecule has 106 valence electrons. The van der Waals surface area contributed by atoms with Gasteiger partial charge in [-0.05, 0) is 31.6 Å². The lowest BCUT2D eigenvalue weighted by molar-refractivity contribution is 0.268. The Balaban J connectivity index is 1.97. The van der Waals surface area contributed by atoms with Gasteiger partial charge in [0.15, 0.2) is 0 Å². The Labute approximate surface area is 119 Å². The van der Waals surface area contributed by atoms with Gasteiger partial charge in [0.25, 0.3) is 10.2 Å². The highest BCUT2D eigenvalue weighted by Crippen LogP contribution is 2.24. The van der Waals surface area contributed by atoms with Gasteiger partial charge in [-0.1, -0.05) is 28.8 Å². The third-order valence-corrected chi connectivity index (χ3v) is 6.96. The first-order chi connectivity index (χ1) is 8.64. The van der Waals surface area contributed by atoms with Crippen LogP contribution in [0.3, 0.4) is 0 Å². The zero-order valence-corrected chi connectivity index (χ0v) is 13.3. The van der Waals surface area contributed by atoms with Crippen LogP contribution in [0, 0.1) is 5.92 Å². The Bertz CT molecular complexity index is 345. The SMILES string of the molecule is O=S(=O)(N1CCCCCC1)N1CCC(CBr)CC1. The average Bonchev–Trinajstić information content (AvgIpc) is 2.68. The molecule has 18 heavy (non-hydrogen) atoms. The minimum absolute atomic E-state index is 0.639. The number of piperidine rings is 1. The van der Waals surface area contributed by atoms with Crippen LogP contribution in [-0.2, 0) is 10.2 Å². The maximum atomic E-state index is 12.5. The molecule has 0 amide bonds. The van der Waals surface area contributed by atoms with Crippen LogP contribution in [0.5, 0.6) is 0 Å². The highest BCUT2D eigenvalue weighted by molar-refractivity contribution is 9.09. The minimum Gasteiger partial charge on any atom is -0.195 e. The van der Waals surface area contributed by atoms with Crippen LogP contribution in [0.15, 0.2) is 0 Å². The van der Waals surface area contributed by atoms with E-state index in [0.29, 0.717) is 32.1 Å². The summed E-state index contributed by atoms with van der Waals surface area (Å²) in [6.45, 7) is 2.80. The molecule has 0 unspecified atom stereocenters. The van der Waals surface area contributed by atoms with Gasteiger partial charge in [0.05, 0.1) is 0 Å². The summed E-state index contributed by atoms with van der Waals surface area (Å²) >= 11 is 3.49. The molecular formula is C12H23BrN2O2S. The number of halogens is 1. The zero-order valence-electron chi connectivity index (χ0n) is 10.9. The van der Waals surface area contributed by atoms with Crippen LogP contribution in [0.4, 0.5) is 0 Å². The zero-order chi connectivity index (χ0) is 13.0. The molecule has 2 rings (SSSR count). The molecule has 4 nitrogen and oxygen atoms in total. The molecule has 0 N–H and O–H groups in total. The van der Waals surface area contributed by atoms with Gasteiger partial charge in [-0.15, -0.1) is 0 Å². The molecule has 0 atom stereocenters. The fraction of sp³-hybridized carbons (Fsp3) is 1.00. The van der Waals surface area contributed by atoms with Crippen LogP contribution < -0.4 is 0 Å². The van der Waals surface area contributed by atoms with Crippen LogP contribution in [0.1, 0.15) is 38.5 Å². The molecule has 0 aromatic heterocycles.